The number of rotatable bonds is 5. The quantitative estimate of drug-likeness (QED) is 0.502. The van der Waals surface area contributed by atoms with Crippen LogP contribution in [-0.4, -0.2) is 18.2 Å². The highest BCUT2D eigenvalue weighted by Gasteiger charge is 2.65. The standard InChI is InChI=1S/C21H27F5O/c1-3-5-13-6-9-17-20(24,11-10-13)12-15(21(17,25)26)14-7-8-16(27-4-2)19(23)18(14)22/h7-8,13,15,17H,3-6,9-12H2,1-2H3. The zero-order chi connectivity index (χ0) is 19.8. The summed E-state index contributed by atoms with van der Waals surface area (Å²) in [5, 5.41) is 0. The summed E-state index contributed by atoms with van der Waals surface area (Å²) in [4.78, 5) is 0. The fraction of sp³-hybridized carbons (Fsp3) is 0.714. The molecule has 0 heterocycles. The Kier molecular flexibility index (Phi) is 5.74. The molecule has 0 radical (unpaired) electrons. The Bertz CT molecular complexity index is 677. The van der Waals surface area contributed by atoms with Gasteiger partial charge in [0.2, 0.25) is 5.82 Å². The zero-order valence-corrected chi connectivity index (χ0v) is 15.8. The predicted molar refractivity (Wildman–Crippen MR) is 94.0 cm³/mol. The van der Waals surface area contributed by atoms with E-state index in [0.29, 0.717) is 12.8 Å². The summed E-state index contributed by atoms with van der Waals surface area (Å²) in [5.74, 6) is -9.18. The molecule has 3 rings (SSSR count). The summed E-state index contributed by atoms with van der Waals surface area (Å²) >= 11 is 0. The maximum atomic E-state index is 15.6. The molecular formula is C21H27F5O. The van der Waals surface area contributed by atoms with Crippen LogP contribution in [-0.2, 0) is 0 Å². The van der Waals surface area contributed by atoms with Crippen molar-refractivity contribution < 1.29 is 26.7 Å². The van der Waals surface area contributed by atoms with E-state index in [1.807, 2.05) is 6.92 Å². The smallest absolute Gasteiger partial charge is 0.260 e. The summed E-state index contributed by atoms with van der Waals surface area (Å²) in [6, 6.07) is 2.28. The first-order valence-electron chi connectivity index (χ1n) is 9.92. The molecule has 6 heteroatoms. The lowest BCUT2D eigenvalue weighted by molar-refractivity contribution is -0.0834. The number of benzene rings is 1. The molecule has 2 aliphatic rings. The molecule has 1 aromatic rings. The van der Waals surface area contributed by atoms with Crippen molar-refractivity contribution in [3.63, 3.8) is 0 Å². The van der Waals surface area contributed by atoms with Crippen LogP contribution in [0.3, 0.4) is 0 Å². The van der Waals surface area contributed by atoms with Crippen molar-refractivity contribution in [3.05, 3.63) is 29.3 Å². The Morgan fingerprint density at radius 2 is 1.78 bits per heavy atom. The molecular weight excluding hydrogens is 363 g/mol. The normalized spacial score (nSPS) is 32.8. The lowest BCUT2D eigenvalue weighted by Gasteiger charge is -2.28. The highest BCUT2D eigenvalue weighted by Crippen LogP contribution is 2.61. The molecule has 0 amide bonds. The van der Waals surface area contributed by atoms with Crippen LogP contribution in [0.1, 0.15) is 70.3 Å². The second-order valence-electron chi connectivity index (χ2n) is 8.00. The predicted octanol–water partition coefficient (Wildman–Crippen LogP) is 6.80. The van der Waals surface area contributed by atoms with Crippen LogP contribution in [0.2, 0.25) is 0 Å². The second-order valence-corrected chi connectivity index (χ2v) is 8.00. The van der Waals surface area contributed by atoms with Gasteiger partial charge >= 0.3 is 0 Å². The molecule has 0 bridgehead atoms. The molecule has 0 aliphatic heterocycles. The Balaban J connectivity index is 1.91. The third-order valence-corrected chi connectivity index (χ3v) is 6.38. The molecule has 4 unspecified atom stereocenters. The average molecular weight is 390 g/mol. The molecule has 0 N–H and O–H groups in total. The van der Waals surface area contributed by atoms with Crippen LogP contribution in [0.25, 0.3) is 0 Å². The van der Waals surface area contributed by atoms with E-state index in [1.165, 1.54) is 0 Å². The lowest BCUT2D eigenvalue weighted by Crippen LogP contribution is -2.36. The number of halogens is 5. The van der Waals surface area contributed by atoms with E-state index in [2.05, 4.69) is 0 Å². The molecule has 2 fully saturated rings. The Morgan fingerprint density at radius 1 is 1.04 bits per heavy atom. The summed E-state index contributed by atoms with van der Waals surface area (Å²) in [6.45, 7) is 3.78. The monoisotopic (exact) mass is 390 g/mol. The molecule has 0 aromatic heterocycles. The van der Waals surface area contributed by atoms with Gasteiger partial charge in [-0.3, -0.25) is 0 Å². The van der Waals surface area contributed by atoms with Gasteiger partial charge in [0.05, 0.1) is 18.4 Å². The van der Waals surface area contributed by atoms with Gasteiger partial charge in [-0.1, -0.05) is 25.8 Å². The van der Waals surface area contributed by atoms with Gasteiger partial charge in [-0.2, -0.15) is 4.39 Å². The van der Waals surface area contributed by atoms with E-state index in [1.54, 1.807) is 6.92 Å². The Labute approximate surface area is 157 Å². The average Bonchev–Trinajstić information content (AvgIpc) is 2.72. The van der Waals surface area contributed by atoms with Crippen molar-refractivity contribution in [2.45, 2.75) is 76.3 Å². The van der Waals surface area contributed by atoms with Crippen molar-refractivity contribution in [1.29, 1.82) is 0 Å². The summed E-state index contributed by atoms with van der Waals surface area (Å²) in [7, 11) is 0. The van der Waals surface area contributed by atoms with Crippen molar-refractivity contribution in [2.24, 2.45) is 11.8 Å². The Hall–Kier alpha value is -1.33. The topological polar surface area (TPSA) is 9.23 Å². The number of hydrogen-bond donors (Lipinski definition) is 0. The van der Waals surface area contributed by atoms with Gasteiger partial charge in [-0.25, -0.2) is 17.6 Å². The minimum Gasteiger partial charge on any atom is -0.491 e. The molecule has 152 valence electrons. The first kappa shape index (κ1) is 20.4. The highest BCUT2D eigenvalue weighted by atomic mass is 19.3. The highest BCUT2D eigenvalue weighted by molar-refractivity contribution is 5.36. The SMILES string of the molecule is CCCC1CCC2C(F)(CC1)CC(c1ccc(OCC)c(F)c1F)C2(F)F. The minimum absolute atomic E-state index is 0.0650. The van der Waals surface area contributed by atoms with Crippen molar-refractivity contribution in [1.82, 2.24) is 0 Å². The van der Waals surface area contributed by atoms with Crippen molar-refractivity contribution in [3.8, 4) is 5.75 Å². The van der Waals surface area contributed by atoms with Crippen LogP contribution in [0.5, 0.6) is 5.75 Å². The first-order chi connectivity index (χ1) is 12.7. The Morgan fingerprint density at radius 3 is 2.44 bits per heavy atom. The van der Waals surface area contributed by atoms with Gasteiger partial charge in [0.1, 0.15) is 5.67 Å². The van der Waals surface area contributed by atoms with Gasteiger partial charge in [0.15, 0.2) is 11.6 Å². The van der Waals surface area contributed by atoms with Crippen LogP contribution >= 0.6 is 0 Å². The summed E-state index contributed by atoms with van der Waals surface area (Å²) < 4.78 is 79.6. The first-order valence-corrected chi connectivity index (χ1v) is 9.92. The molecule has 1 aromatic carbocycles. The number of fused-ring (bicyclic) bond motifs is 1. The number of ether oxygens (including phenoxy) is 1. The van der Waals surface area contributed by atoms with E-state index in [4.69, 9.17) is 4.74 Å². The third kappa shape index (κ3) is 3.56. The van der Waals surface area contributed by atoms with E-state index in [9.17, 15) is 8.78 Å². The van der Waals surface area contributed by atoms with Gasteiger partial charge < -0.3 is 4.74 Å². The molecule has 27 heavy (non-hydrogen) atoms. The summed E-state index contributed by atoms with van der Waals surface area (Å²) in [5.41, 5.74) is -2.48. The van der Waals surface area contributed by atoms with Gasteiger partial charge in [-0.15, -0.1) is 0 Å². The second kappa shape index (κ2) is 7.59. The zero-order valence-electron chi connectivity index (χ0n) is 15.8. The molecule has 2 aliphatic carbocycles. The van der Waals surface area contributed by atoms with Gasteiger partial charge in [0.25, 0.3) is 5.92 Å². The van der Waals surface area contributed by atoms with Gasteiger partial charge in [-0.05, 0) is 51.0 Å². The molecule has 0 saturated heterocycles. The number of hydrogen-bond acceptors (Lipinski definition) is 1. The molecule has 1 nitrogen and oxygen atoms in total. The van der Waals surface area contributed by atoms with Crippen molar-refractivity contribution in [2.75, 3.05) is 6.61 Å². The van der Waals surface area contributed by atoms with E-state index in [-0.39, 0.29) is 31.1 Å². The maximum Gasteiger partial charge on any atom is 0.260 e. The summed E-state index contributed by atoms with van der Waals surface area (Å²) in [6.07, 6.45) is 2.69. The van der Waals surface area contributed by atoms with E-state index >= 15 is 13.2 Å². The maximum absolute atomic E-state index is 15.6. The van der Waals surface area contributed by atoms with Crippen LogP contribution in [0.15, 0.2) is 12.1 Å². The molecule has 0 spiro atoms. The minimum atomic E-state index is -3.41. The van der Waals surface area contributed by atoms with Crippen molar-refractivity contribution >= 4 is 0 Å². The third-order valence-electron chi connectivity index (χ3n) is 6.38. The molecule has 4 atom stereocenters. The van der Waals surface area contributed by atoms with Crippen LogP contribution in [0, 0.1) is 23.5 Å². The number of alkyl halides is 3. The van der Waals surface area contributed by atoms with E-state index in [0.717, 1.165) is 25.0 Å². The van der Waals surface area contributed by atoms with E-state index < -0.39 is 47.0 Å². The largest absolute Gasteiger partial charge is 0.491 e. The molecule has 2 saturated carbocycles. The fourth-order valence-corrected chi connectivity index (χ4v) is 5.02. The van der Waals surface area contributed by atoms with Crippen LogP contribution < -0.4 is 4.74 Å². The fourth-order valence-electron chi connectivity index (χ4n) is 5.02. The van der Waals surface area contributed by atoms with Crippen LogP contribution in [0.4, 0.5) is 22.0 Å². The van der Waals surface area contributed by atoms with Gasteiger partial charge in [0, 0.05) is 5.56 Å². The lowest BCUT2D eigenvalue weighted by atomic mass is 9.86.